The molecular weight excluding hydrogens is 352 g/mol. The maximum atomic E-state index is 12.2. The van der Waals surface area contributed by atoms with Crippen molar-refractivity contribution in [2.75, 3.05) is 14.2 Å². The number of amides is 1. The molecule has 0 aliphatic carbocycles. The van der Waals surface area contributed by atoms with Crippen molar-refractivity contribution >= 4 is 29.4 Å². The normalized spacial score (nSPS) is 15.0. The Balaban J connectivity index is 1.77. The first-order chi connectivity index (χ1) is 12.6. The smallest absolute Gasteiger partial charge is 0.275 e. The Morgan fingerprint density at radius 3 is 2.65 bits per heavy atom. The molecule has 2 aromatic carbocycles. The standard InChI is InChI=1S/C20H19ClN2O3/c1-25-15-9-7-14(18(12-15)26-2)11-17-20(24)23-19(22-17)10-8-13-5-3-4-6-16(13)21/h3-7,9,11-12H,8,10H2,1-2H3,(H,22,23,24)/b17-11+. The van der Waals surface area contributed by atoms with E-state index in [-0.39, 0.29) is 5.91 Å². The molecule has 0 fully saturated rings. The molecule has 1 amide bonds. The highest BCUT2D eigenvalue weighted by atomic mass is 35.5. The number of rotatable bonds is 6. The Morgan fingerprint density at radius 2 is 1.92 bits per heavy atom. The third kappa shape index (κ3) is 4.06. The number of nitrogens with zero attached hydrogens (tertiary/aromatic N) is 1. The zero-order chi connectivity index (χ0) is 18.5. The van der Waals surface area contributed by atoms with Crippen molar-refractivity contribution in [3.63, 3.8) is 0 Å². The maximum Gasteiger partial charge on any atom is 0.275 e. The zero-order valence-corrected chi connectivity index (χ0v) is 15.3. The Bertz CT molecular complexity index is 890. The highest BCUT2D eigenvalue weighted by Crippen LogP contribution is 2.27. The molecule has 0 aromatic heterocycles. The van der Waals surface area contributed by atoms with Gasteiger partial charge in [-0.2, -0.15) is 0 Å². The lowest BCUT2D eigenvalue weighted by Crippen LogP contribution is -2.24. The van der Waals surface area contributed by atoms with Crippen LogP contribution in [0.1, 0.15) is 17.5 Å². The summed E-state index contributed by atoms with van der Waals surface area (Å²) < 4.78 is 10.5. The lowest BCUT2D eigenvalue weighted by Gasteiger charge is -2.07. The molecular formula is C20H19ClN2O3. The summed E-state index contributed by atoms with van der Waals surface area (Å²) in [7, 11) is 3.16. The number of carbonyl (C=O) groups excluding carboxylic acids is 1. The van der Waals surface area contributed by atoms with E-state index in [0.29, 0.717) is 35.9 Å². The molecule has 0 unspecified atom stereocenters. The molecule has 1 N–H and O–H groups in total. The predicted molar refractivity (Wildman–Crippen MR) is 103 cm³/mol. The summed E-state index contributed by atoms with van der Waals surface area (Å²) in [5.41, 5.74) is 2.14. The molecule has 1 aliphatic heterocycles. The second kappa shape index (κ2) is 8.06. The van der Waals surface area contributed by atoms with Gasteiger partial charge in [-0.05, 0) is 36.3 Å². The molecule has 26 heavy (non-hydrogen) atoms. The van der Waals surface area contributed by atoms with Crippen molar-refractivity contribution in [3.8, 4) is 11.5 Å². The second-order valence-electron chi connectivity index (χ2n) is 5.74. The average Bonchev–Trinajstić information content (AvgIpc) is 3.01. The summed E-state index contributed by atoms with van der Waals surface area (Å²) >= 11 is 6.17. The number of aliphatic imine (C=N–C) groups is 1. The van der Waals surface area contributed by atoms with Crippen molar-refractivity contribution in [2.45, 2.75) is 12.8 Å². The summed E-state index contributed by atoms with van der Waals surface area (Å²) in [6.45, 7) is 0. The van der Waals surface area contributed by atoms with Crippen molar-refractivity contribution in [1.29, 1.82) is 0 Å². The van der Waals surface area contributed by atoms with Crippen molar-refractivity contribution < 1.29 is 14.3 Å². The molecule has 1 heterocycles. The van der Waals surface area contributed by atoms with Crippen LogP contribution in [0.3, 0.4) is 0 Å². The molecule has 1 aliphatic rings. The van der Waals surface area contributed by atoms with Crippen LogP contribution in [-0.2, 0) is 11.2 Å². The Morgan fingerprint density at radius 1 is 1.12 bits per heavy atom. The first-order valence-corrected chi connectivity index (χ1v) is 8.54. The van der Waals surface area contributed by atoms with Gasteiger partial charge in [0, 0.05) is 23.1 Å². The van der Waals surface area contributed by atoms with Crippen molar-refractivity contribution in [2.24, 2.45) is 4.99 Å². The van der Waals surface area contributed by atoms with Crippen LogP contribution in [0.4, 0.5) is 0 Å². The Labute approximate surface area is 157 Å². The molecule has 0 radical (unpaired) electrons. The van der Waals surface area contributed by atoms with Crippen LogP contribution in [0.25, 0.3) is 6.08 Å². The average molecular weight is 371 g/mol. The molecule has 0 bridgehead atoms. The van der Waals surface area contributed by atoms with E-state index in [2.05, 4.69) is 10.3 Å². The van der Waals surface area contributed by atoms with Gasteiger partial charge in [-0.1, -0.05) is 29.8 Å². The quantitative estimate of drug-likeness (QED) is 0.785. The van der Waals surface area contributed by atoms with Gasteiger partial charge < -0.3 is 14.8 Å². The van der Waals surface area contributed by atoms with Crippen LogP contribution < -0.4 is 14.8 Å². The van der Waals surface area contributed by atoms with Crippen molar-refractivity contribution in [3.05, 3.63) is 64.3 Å². The summed E-state index contributed by atoms with van der Waals surface area (Å²) in [5, 5.41) is 3.53. The molecule has 0 spiro atoms. The number of benzene rings is 2. The van der Waals surface area contributed by atoms with Crippen LogP contribution in [0.5, 0.6) is 11.5 Å². The van der Waals surface area contributed by atoms with E-state index in [0.717, 1.165) is 16.1 Å². The van der Waals surface area contributed by atoms with E-state index in [1.807, 2.05) is 36.4 Å². The number of hydrogen-bond acceptors (Lipinski definition) is 4. The second-order valence-corrected chi connectivity index (χ2v) is 6.15. The highest BCUT2D eigenvalue weighted by molar-refractivity contribution is 6.31. The number of aryl methyl sites for hydroxylation is 1. The molecule has 0 saturated carbocycles. The monoisotopic (exact) mass is 370 g/mol. The van der Waals surface area contributed by atoms with Gasteiger partial charge in [0.1, 0.15) is 23.0 Å². The fourth-order valence-corrected chi connectivity index (χ4v) is 2.90. The summed E-state index contributed by atoms with van der Waals surface area (Å²) in [6, 6.07) is 13.1. The number of hydrogen-bond donors (Lipinski definition) is 1. The molecule has 6 heteroatoms. The first kappa shape index (κ1) is 18.0. The first-order valence-electron chi connectivity index (χ1n) is 8.16. The van der Waals surface area contributed by atoms with Crippen molar-refractivity contribution in [1.82, 2.24) is 5.32 Å². The lowest BCUT2D eigenvalue weighted by molar-refractivity contribution is -0.115. The maximum absolute atomic E-state index is 12.2. The minimum Gasteiger partial charge on any atom is -0.497 e. The Hall–Kier alpha value is -2.79. The number of methoxy groups -OCH3 is 2. The van der Waals surface area contributed by atoms with Crippen LogP contribution in [0.2, 0.25) is 5.02 Å². The van der Waals surface area contributed by atoms with Crippen LogP contribution in [-0.4, -0.2) is 26.0 Å². The Kier molecular flexibility index (Phi) is 5.58. The molecule has 134 valence electrons. The fraction of sp³-hybridized carbons (Fsp3) is 0.200. The van der Waals surface area contributed by atoms with Gasteiger partial charge in [0.15, 0.2) is 0 Å². The molecule has 5 nitrogen and oxygen atoms in total. The van der Waals surface area contributed by atoms with Gasteiger partial charge in [0.2, 0.25) is 0 Å². The van der Waals surface area contributed by atoms with Gasteiger partial charge >= 0.3 is 0 Å². The highest BCUT2D eigenvalue weighted by Gasteiger charge is 2.20. The van der Waals surface area contributed by atoms with E-state index < -0.39 is 0 Å². The van der Waals surface area contributed by atoms with Crippen LogP contribution in [0, 0.1) is 0 Å². The van der Waals surface area contributed by atoms with E-state index in [9.17, 15) is 4.79 Å². The van der Waals surface area contributed by atoms with E-state index >= 15 is 0 Å². The zero-order valence-electron chi connectivity index (χ0n) is 14.6. The summed E-state index contributed by atoms with van der Waals surface area (Å²) in [4.78, 5) is 16.6. The van der Waals surface area contributed by atoms with E-state index in [1.54, 1.807) is 26.4 Å². The third-order valence-corrected chi connectivity index (χ3v) is 4.44. The van der Waals surface area contributed by atoms with Gasteiger partial charge in [-0.15, -0.1) is 0 Å². The number of nitrogens with one attached hydrogen (secondary N) is 1. The summed E-state index contributed by atoms with van der Waals surface area (Å²) in [5.74, 6) is 1.71. The largest absolute Gasteiger partial charge is 0.497 e. The molecule has 0 atom stereocenters. The number of ether oxygens (including phenoxy) is 2. The summed E-state index contributed by atoms with van der Waals surface area (Å²) in [6.07, 6.45) is 3.01. The topological polar surface area (TPSA) is 59.9 Å². The van der Waals surface area contributed by atoms with Crippen LogP contribution >= 0.6 is 11.6 Å². The molecule has 2 aromatic rings. The third-order valence-electron chi connectivity index (χ3n) is 4.07. The SMILES string of the molecule is COc1ccc(/C=C2/N=C(CCc3ccccc3Cl)NC2=O)c(OC)c1. The van der Waals surface area contributed by atoms with Gasteiger partial charge in [0.25, 0.3) is 5.91 Å². The number of amidine groups is 1. The fourth-order valence-electron chi connectivity index (χ4n) is 2.67. The minimum absolute atomic E-state index is 0.225. The number of halogens is 1. The number of carbonyl (C=O) groups is 1. The van der Waals surface area contributed by atoms with Gasteiger partial charge in [-0.25, -0.2) is 4.99 Å². The van der Waals surface area contributed by atoms with E-state index in [1.165, 1.54) is 0 Å². The minimum atomic E-state index is -0.225. The van der Waals surface area contributed by atoms with Gasteiger partial charge in [-0.3, -0.25) is 4.79 Å². The molecule has 0 saturated heterocycles. The molecule has 3 rings (SSSR count). The van der Waals surface area contributed by atoms with Gasteiger partial charge in [0.05, 0.1) is 14.2 Å². The van der Waals surface area contributed by atoms with Crippen LogP contribution in [0.15, 0.2) is 53.2 Å². The predicted octanol–water partition coefficient (Wildman–Crippen LogP) is 3.86. The van der Waals surface area contributed by atoms with E-state index in [4.69, 9.17) is 21.1 Å². The lowest BCUT2D eigenvalue weighted by atomic mass is 10.1.